The van der Waals surface area contributed by atoms with Gasteiger partial charge in [-0.1, -0.05) is 19.3 Å². The highest BCUT2D eigenvalue weighted by molar-refractivity contribution is 5.95. The van der Waals surface area contributed by atoms with Gasteiger partial charge < -0.3 is 15.0 Å². The molecule has 6 heteroatoms. The SMILES string of the molecule is N#C/C(C(=O)OCC1CCCCC1)=C1/CC=NC=C1N1CCNCC1. The van der Waals surface area contributed by atoms with Crippen molar-refractivity contribution in [2.24, 2.45) is 10.9 Å². The number of piperazine rings is 1. The summed E-state index contributed by atoms with van der Waals surface area (Å²) < 4.78 is 5.50. The number of rotatable bonds is 4. The number of nitriles is 1. The summed E-state index contributed by atoms with van der Waals surface area (Å²) in [5.41, 5.74) is 1.76. The Morgan fingerprint density at radius 1 is 1.32 bits per heavy atom. The average Bonchev–Trinajstić information content (AvgIpc) is 2.69. The molecule has 6 nitrogen and oxygen atoms in total. The summed E-state index contributed by atoms with van der Waals surface area (Å²) in [7, 11) is 0. The number of nitrogens with zero attached hydrogens (tertiary/aromatic N) is 3. The van der Waals surface area contributed by atoms with E-state index in [1.54, 1.807) is 12.4 Å². The van der Waals surface area contributed by atoms with Gasteiger partial charge in [0.1, 0.15) is 11.6 Å². The van der Waals surface area contributed by atoms with Crippen LogP contribution in [0.15, 0.2) is 28.0 Å². The molecule has 3 aliphatic rings. The summed E-state index contributed by atoms with van der Waals surface area (Å²) in [6, 6.07) is 2.09. The van der Waals surface area contributed by atoms with Crippen LogP contribution < -0.4 is 5.32 Å². The maximum absolute atomic E-state index is 12.5. The van der Waals surface area contributed by atoms with Crippen LogP contribution in [0.25, 0.3) is 0 Å². The molecule has 2 aliphatic heterocycles. The Labute approximate surface area is 149 Å². The van der Waals surface area contributed by atoms with Crippen molar-refractivity contribution in [1.29, 1.82) is 5.26 Å². The topological polar surface area (TPSA) is 77.7 Å². The van der Waals surface area contributed by atoms with Crippen molar-refractivity contribution in [2.45, 2.75) is 38.5 Å². The second kappa shape index (κ2) is 8.82. The number of carbonyl (C=O) groups is 1. The molecule has 0 aromatic heterocycles. The van der Waals surface area contributed by atoms with Crippen LogP contribution in [-0.4, -0.2) is 49.9 Å². The molecular weight excluding hydrogens is 316 g/mol. The molecule has 25 heavy (non-hydrogen) atoms. The van der Waals surface area contributed by atoms with E-state index in [1.165, 1.54) is 19.3 Å². The van der Waals surface area contributed by atoms with Crippen LogP contribution in [0, 0.1) is 17.2 Å². The van der Waals surface area contributed by atoms with Gasteiger partial charge in [-0.25, -0.2) is 4.79 Å². The van der Waals surface area contributed by atoms with Crippen LogP contribution in [0.2, 0.25) is 0 Å². The molecule has 2 fully saturated rings. The third-order valence-electron chi connectivity index (χ3n) is 5.16. The monoisotopic (exact) mass is 342 g/mol. The number of nitrogens with one attached hydrogen (secondary N) is 1. The van der Waals surface area contributed by atoms with E-state index >= 15 is 0 Å². The molecule has 1 N–H and O–H groups in total. The fourth-order valence-electron chi connectivity index (χ4n) is 3.71. The average molecular weight is 342 g/mol. The molecule has 134 valence electrons. The van der Waals surface area contributed by atoms with Gasteiger partial charge in [0.15, 0.2) is 0 Å². The summed E-state index contributed by atoms with van der Waals surface area (Å²) in [5.74, 6) is -0.0434. The maximum atomic E-state index is 12.5. The van der Waals surface area contributed by atoms with Gasteiger partial charge in [0.25, 0.3) is 0 Å². The van der Waals surface area contributed by atoms with E-state index in [2.05, 4.69) is 21.3 Å². The number of aliphatic imine (C=N–C) groups is 1. The lowest BCUT2D eigenvalue weighted by Gasteiger charge is -2.33. The third-order valence-corrected chi connectivity index (χ3v) is 5.16. The lowest BCUT2D eigenvalue weighted by molar-refractivity contribution is -0.140. The van der Waals surface area contributed by atoms with Gasteiger partial charge in [-0.2, -0.15) is 5.26 Å². The molecule has 0 unspecified atom stereocenters. The van der Waals surface area contributed by atoms with Crippen molar-refractivity contribution in [3.8, 4) is 6.07 Å². The Kier molecular flexibility index (Phi) is 6.24. The van der Waals surface area contributed by atoms with E-state index in [0.29, 0.717) is 18.9 Å². The third kappa shape index (κ3) is 4.49. The molecule has 0 spiro atoms. The smallest absolute Gasteiger partial charge is 0.349 e. The molecule has 0 aromatic carbocycles. The van der Waals surface area contributed by atoms with Crippen molar-refractivity contribution >= 4 is 12.2 Å². The summed E-state index contributed by atoms with van der Waals surface area (Å²) in [6.07, 6.45) is 9.92. The molecule has 3 rings (SSSR count). The maximum Gasteiger partial charge on any atom is 0.349 e. The van der Waals surface area contributed by atoms with Crippen molar-refractivity contribution < 1.29 is 9.53 Å². The molecule has 2 heterocycles. The van der Waals surface area contributed by atoms with Gasteiger partial charge >= 0.3 is 5.97 Å². The molecule has 1 saturated carbocycles. The zero-order chi connectivity index (χ0) is 17.5. The number of ether oxygens (including phenoxy) is 1. The molecule has 0 aromatic rings. The van der Waals surface area contributed by atoms with Gasteiger partial charge in [0, 0.05) is 44.4 Å². The van der Waals surface area contributed by atoms with Crippen molar-refractivity contribution in [3.05, 3.63) is 23.0 Å². The summed E-state index contributed by atoms with van der Waals surface area (Å²) >= 11 is 0. The minimum atomic E-state index is -0.487. The van der Waals surface area contributed by atoms with Crippen LogP contribution in [0.4, 0.5) is 0 Å². The van der Waals surface area contributed by atoms with Gasteiger partial charge in [-0.05, 0) is 18.8 Å². The quantitative estimate of drug-likeness (QED) is 0.481. The number of allylic oxidation sites excluding steroid dienone is 1. The Morgan fingerprint density at radius 3 is 2.80 bits per heavy atom. The van der Waals surface area contributed by atoms with Crippen LogP contribution in [0.1, 0.15) is 38.5 Å². The largest absolute Gasteiger partial charge is 0.461 e. The van der Waals surface area contributed by atoms with Crippen LogP contribution >= 0.6 is 0 Å². The number of carbonyl (C=O) groups excluding carboxylic acids is 1. The van der Waals surface area contributed by atoms with Gasteiger partial charge in [-0.3, -0.25) is 4.99 Å². The predicted molar refractivity (Wildman–Crippen MR) is 95.8 cm³/mol. The van der Waals surface area contributed by atoms with E-state index in [4.69, 9.17) is 4.74 Å². The first kappa shape index (κ1) is 17.7. The first-order valence-electron chi connectivity index (χ1n) is 9.28. The summed E-state index contributed by atoms with van der Waals surface area (Å²) in [5, 5.41) is 12.9. The summed E-state index contributed by atoms with van der Waals surface area (Å²) in [6.45, 7) is 3.91. The van der Waals surface area contributed by atoms with E-state index in [1.807, 2.05) is 0 Å². The lowest BCUT2D eigenvalue weighted by atomic mass is 9.90. The molecule has 1 saturated heterocycles. The molecule has 0 amide bonds. The second-order valence-corrected chi connectivity index (χ2v) is 6.86. The van der Waals surface area contributed by atoms with Crippen LogP contribution in [0.5, 0.6) is 0 Å². The Balaban J connectivity index is 1.71. The summed E-state index contributed by atoms with van der Waals surface area (Å²) in [4.78, 5) is 19.0. The highest BCUT2D eigenvalue weighted by Crippen LogP contribution is 2.27. The highest BCUT2D eigenvalue weighted by atomic mass is 16.5. The predicted octanol–water partition coefficient (Wildman–Crippen LogP) is 2.15. The van der Waals surface area contributed by atoms with Crippen LogP contribution in [0.3, 0.4) is 0 Å². The Bertz CT molecular complexity index is 618. The highest BCUT2D eigenvalue weighted by Gasteiger charge is 2.26. The Hall–Kier alpha value is -2.13. The van der Waals surface area contributed by atoms with Gasteiger partial charge in [0.05, 0.1) is 18.5 Å². The van der Waals surface area contributed by atoms with Gasteiger partial charge in [0.2, 0.25) is 0 Å². The Morgan fingerprint density at radius 2 is 2.08 bits per heavy atom. The molecular formula is C19H26N4O2. The number of esters is 1. The number of hydrogen-bond donors (Lipinski definition) is 1. The molecule has 0 atom stereocenters. The second-order valence-electron chi connectivity index (χ2n) is 6.86. The zero-order valence-corrected chi connectivity index (χ0v) is 14.7. The molecule has 0 bridgehead atoms. The minimum Gasteiger partial charge on any atom is -0.461 e. The van der Waals surface area contributed by atoms with E-state index in [-0.39, 0.29) is 5.57 Å². The van der Waals surface area contributed by atoms with Crippen molar-refractivity contribution in [1.82, 2.24) is 10.2 Å². The van der Waals surface area contributed by atoms with E-state index < -0.39 is 5.97 Å². The fourth-order valence-corrected chi connectivity index (χ4v) is 3.71. The van der Waals surface area contributed by atoms with Crippen LogP contribution in [-0.2, 0) is 9.53 Å². The fraction of sp³-hybridized carbons (Fsp3) is 0.632. The normalized spacial score (nSPS) is 23.6. The standard InChI is InChI=1S/C19H26N4O2/c20-12-17(19(24)25-14-15-4-2-1-3-5-15)16-6-7-22-13-18(16)23-10-8-21-9-11-23/h7,13,15,21H,1-6,8-11,14H2/b17-16+. The van der Waals surface area contributed by atoms with Crippen molar-refractivity contribution in [2.75, 3.05) is 32.8 Å². The van der Waals surface area contributed by atoms with Crippen molar-refractivity contribution in [3.63, 3.8) is 0 Å². The minimum absolute atomic E-state index is 0.131. The van der Waals surface area contributed by atoms with Gasteiger partial charge in [-0.15, -0.1) is 0 Å². The lowest BCUT2D eigenvalue weighted by Crippen LogP contribution is -2.43. The molecule has 1 aliphatic carbocycles. The first-order chi connectivity index (χ1) is 12.3. The molecule has 0 radical (unpaired) electrons. The van der Waals surface area contributed by atoms with E-state index in [0.717, 1.165) is 50.3 Å². The van der Waals surface area contributed by atoms with E-state index in [9.17, 15) is 10.1 Å². The number of hydrogen-bond acceptors (Lipinski definition) is 6. The zero-order valence-electron chi connectivity index (χ0n) is 14.7. The first-order valence-corrected chi connectivity index (χ1v) is 9.28.